The zero-order valence-corrected chi connectivity index (χ0v) is 8.13. The normalized spacial score (nSPS) is 11.5. The van der Waals surface area contributed by atoms with Crippen molar-refractivity contribution in [2.75, 3.05) is 6.61 Å². The van der Waals surface area contributed by atoms with Crippen molar-refractivity contribution in [1.29, 1.82) is 0 Å². The van der Waals surface area contributed by atoms with Gasteiger partial charge in [-0.2, -0.15) is 0 Å². The van der Waals surface area contributed by atoms with Gasteiger partial charge in [-0.3, -0.25) is 0 Å². The average Bonchev–Trinajstić information content (AvgIpc) is 1.97. The average molecular weight is 167 g/mol. The highest BCUT2D eigenvalue weighted by Gasteiger charge is 1.97. The third kappa shape index (κ3) is 5.71. The number of aliphatic imine (C=N–C) groups is 1. The molecule has 0 aliphatic carbocycles. The highest BCUT2D eigenvalue weighted by molar-refractivity contribution is 5.87. The van der Waals surface area contributed by atoms with Crippen molar-refractivity contribution < 1.29 is 4.74 Å². The summed E-state index contributed by atoms with van der Waals surface area (Å²) in [5.74, 6) is 1.05. The molecule has 2 heteroatoms. The molecule has 0 aromatic carbocycles. The van der Waals surface area contributed by atoms with Crippen molar-refractivity contribution in [3.8, 4) is 0 Å². The third-order valence-corrected chi connectivity index (χ3v) is 1.04. The van der Waals surface area contributed by atoms with Gasteiger partial charge in [-0.1, -0.05) is 27.0 Å². The van der Waals surface area contributed by atoms with Crippen LogP contribution in [0.25, 0.3) is 0 Å². The number of hydrogen-bond donors (Lipinski definition) is 0. The maximum Gasteiger partial charge on any atom is 0.212 e. The molecule has 0 N–H and O–H groups in total. The van der Waals surface area contributed by atoms with E-state index in [0.717, 1.165) is 5.70 Å². The number of nitrogens with zero attached hydrogens (tertiary/aromatic N) is 1. The Labute approximate surface area is 74.7 Å². The summed E-state index contributed by atoms with van der Waals surface area (Å²) >= 11 is 0. The third-order valence-electron chi connectivity index (χ3n) is 1.04. The quantitative estimate of drug-likeness (QED) is 0.466. The Bertz CT molecular complexity index is 192. The fraction of sp³-hybridized carbons (Fsp3) is 0.500. The largest absolute Gasteiger partial charge is 0.477 e. The lowest BCUT2D eigenvalue weighted by Gasteiger charge is -2.07. The van der Waals surface area contributed by atoms with Gasteiger partial charge in [0.2, 0.25) is 5.90 Å². The van der Waals surface area contributed by atoms with E-state index >= 15 is 0 Å². The van der Waals surface area contributed by atoms with Gasteiger partial charge in [0.15, 0.2) is 0 Å². The predicted molar refractivity (Wildman–Crippen MR) is 53.2 cm³/mol. The molecule has 0 aromatic heterocycles. The van der Waals surface area contributed by atoms with E-state index in [4.69, 9.17) is 4.74 Å². The minimum absolute atomic E-state index is 0.500. The molecular weight excluding hydrogens is 150 g/mol. The van der Waals surface area contributed by atoms with Crippen LogP contribution in [0.3, 0.4) is 0 Å². The van der Waals surface area contributed by atoms with Crippen molar-refractivity contribution in [3.63, 3.8) is 0 Å². The van der Waals surface area contributed by atoms with Crippen LogP contribution >= 0.6 is 0 Å². The standard InChI is InChI=1S/C10H17NO/c1-6-10(11-9(4)5)12-7-8(2)3/h6,8H,1,4,7H2,2-3,5H3. The number of hydrogen-bond acceptors (Lipinski definition) is 2. The zero-order valence-electron chi connectivity index (χ0n) is 8.13. The molecule has 0 rings (SSSR count). The van der Waals surface area contributed by atoms with Gasteiger partial charge < -0.3 is 4.74 Å². The molecule has 0 fully saturated rings. The van der Waals surface area contributed by atoms with Crippen LogP contribution in [0.15, 0.2) is 29.9 Å². The van der Waals surface area contributed by atoms with Crippen molar-refractivity contribution >= 4 is 5.90 Å². The van der Waals surface area contributed by atoms with Gasteiger partial charge >= 0.3 is 0 Å². The Hall–Kier alpha value is -1.05. The molecule has 0 spiro atoms. The van der Waals surface area contributed by atoms with E-state index in [1.165, 1.54) is 0 Å². The Morgan fingerprint density at radius 1 is 1.58 bits per heavy atom. The maximum absolute atomic E-state index is 5.33. The highest BCUT2D eigenvalue weighted by Crippen LogP contribution is 1.97. The molecule has 0 atom stereocenters. The van der Waals surface area contributed by atoms with Crippen molar-refractivity contribution in [2.45, 2.75) is 20.8 Å². The van der Waals surface area contributed by atoms with E-state index in [1.54, 1.807) is 6.08 Å². The number of rotatable bonds is 4. The molecule has 0 aromatic rings. The molecule has 0 aliphatic rings. The summed E-state index contributed by atoms with van der Waals surface area (Å²) in [5, 5.41) is 0. The lowest BCUT2D eigenvalue weighted by molar-refractivity contribution is 0.261. The van der Waals surface area contributed by atoms with Crippen molar-refractivity contribution in [3.05, 3.63) is 24.9 Å². The topological polar surface area (TPSA) is 21.6 Å². The van der Waals surface area contributed by atoms with Crippen LogP contribution in [-0.4, -0.2) is 12.5 Å². The molecule has 0 amide bonds. The summed E-state index contributed by atoms with van der Waals surface area (Å²) in [6, 6.07) is 0. The van der Waals surface area contributed by atoms with Gasteiger partial charge in [0.25, 0.3) is 0 Å². The van der Waals surface area contributed by atoms with Crippen molar-refractivity contribution in [2.24, 2.45) is 10.9 Å². The SMILES string of the molecule is C=CC(=NC(=C)C)OCC(C)C. The van der Waals surface area contributed by atoms with Gasteiger partial charge in [-0.05, 0) is 18.9 Å². The first-order valence-electron chi connectivity index (χ1n) is 4.05. The second-order valence-electron chi connectivity index (χ2n) is 3.09. The van der Waals surface area contributed by atoms with Crippen LogP contribution in [0.5, 0.6) is 0 Å². The summed E-state index contributed by atoms with van der Waals surface area (Å²) in [6.07, 6.45) is 1.59. The van der Waals surface area contributed by atoms with E-state index in [9.17, 15) is 0 Å². The van der Waals surface area contributed by atoms with Crippen LogP contribution in [0.2, 0.25) is 0 Å². The molecule has 0 saturated heterocycles. The highest BCUT2D eigenvalue weighted by atomic mass is 16.5. The minimum atomic E-state index is 0.500. The molecule has 0 unspecified atom stereocenters. The van der Waals surface area contributed by atoms with Gasteiger partial charge in [0, 0.05) is 5.70 Å². The lowest BCUT2D eigenvalue weighted by atomic mass is 10.2. The number of allylic oxidation sites excluding steroid dienone is 1. The first kappa shape index (κ1) is 11.0. The summed E-state index contributed by atoms with van der Waals surface area (Å²) in [4.78, 5) is 4.05. The van der Waals surface area contributed by atoms with Gasteiger partial charge in [0.1, 0.15) is 0 Å². The van der Waals surface area contributed by atoms with E-state index in [1.807, 2.05) is 6.92 Å². The van der Waals surface area contributed by atoms with E-state index in [0.29, 0.717) is 18.4 Å². The Balaban J connectivity index is 4.00. The van der Waals surface area contributed by atoms with Crippen LogP contribution in [0.4, 0.5) is 0 Å². The second-order valence-corrected chi connectivity index (χ2v) is 3.09. The smallest absolute Gasteiger partial charge is 0.212 e. The molecule has 0 bridgehead atoms. The first-order valence-corrected chi connectivity index (χ1v) is 4.05. The number of ether oxygens (including phenoxy) is 1. The van der Waals surface area contributed by atoms with Crippen LogP contribution in [-0.2, 0) is 4.74 Å². The molecule has 12 heavy (non-hydrogen) atoms. The van der Waals surface area contributed by atoms with Gasteiger partial charge in [0.05, 0.1) is 6.61 Å². The van der Waals surface area contributed by atoms with Crippen LogP contribution in [0.1, 0.15) is 20.8 Å². The van der Waals surface area contributed by atoms with Crippen LogP contribution in [0, 0.1) is 5.92 Å². The monoisotopic (exact) mass is 167 g/mol. The minimum Gasteiger partial charge on any atom is -0.477 e. The molecule has 0 saturated carbocycles. The fourth-order valence-corrected chi connectivity index (χ4v) is 0.577. The summed E-state index contributed by atoms with van der Waals surface area (Å²) in [7, 11) is 0. The zero-order chi connectivity index (χ0) is 9.56. The lowest BCUT2D eigenvalue weighted by Crippen LogP contribution is -2.07. The van der Waals surface area contributed by atoms with E-state index in [2.05, 4.69) is 32.0 Å². The fourth-order valence-electron chi connectivity index (χ4n) is 0.577. The van der Waals surface area contributed by atoms with E-state index in [-0.39, 0.29) is 0 Å². The van der Waals surface area contributed by atoms with Crippen molar-refractivity contribution in [1.82, 2.24) is 0 Å². The maximum atomic E-state index is 5.33. The van der Waals surface area contributed by atoms with Gasteiger partial charge in [-0.25, -0.2) is 4.99 Å². The molecular formula is C10H17NO. The summed E-state index contributed by atoms with van der Waals surface area (Å²) < 4.78 is 5.33. The summed E-state index contributed by atoms with van der Waals surface area (Å²) in [5.41, 5.74) is 0.730. The Morgan fingerprint density at radius 2 is 2.17 bits per heavy atom. The molecule has 68 valence electrons. The molecule has 0 heterocycles. The first-order chi connectivity index (χ1) is 5.56. The van der Waals surface area contributed by atoms with Crippen LogP contribution < -0.4 is 0 Å². The Morgan fingerprint density at radius 3 is 2.50 bits per heavy atom. The molecule has 0 radical (unpaired) electrons. The molecule has 2 nitrogen and oxygen atoms in total. The second kappa shape index (κ2) is 5.58. The predicted octanol–water partition coefficient (Wildman–Crippen LogP) is 2.78. The molecule has 0 aliphatic heterocycles. The van der Waals surface area contributed by atoms with E-state index < -0.39 is 0 Å². The Kier molecular flexibility index (Phi) is 5.09. The summed E-state index contributed by atoms with van der Waals surface area (Å²) in [6.45, 7) is 13.9. The van der Waals surface area contributed by atoms with Gasteiger partial charge in [-0.15, -0.1) is 0 Å².